The highest BCUT2D eigenvalue weighted by atomic mass is 28.4. The lowest BCUT2D eigenvalue weighted by molar-refractivity contribution is 0.384. The fourth-order valence-corrected chi connectivity index (χ4v) is 5.16. The molecule has 0 aromatic rings. The number of hydrogen-bond acceptors (Lipinski definition) is 2. The monoisotopic (exact) mass is 248 g/mol. The average Bonchev–Trinajstić information content (AvgIpc) is 2.15. The molecule has 15 heavy (non-hydrogen) atoms. The Kier molecular flexibility index (Phi) is 6.32. The predicted octanol–water partition coefficient (Wildman–Crippen LogP) is 3.72. The molecule has 0 aliphatic rings. The molecule has 1 atom stereocenters. The van der Waals surface area contributed by atoms with Crippen molar-refractivity contribution in [2.24, 2.45) is 5.92 Å². The summed E-state index contributed by atoms with van der Waals surface area (Å²) in [4.78, 5) is 0. The lowest BCUT2D eigenvalue weighted by atomic mass is 10.2. The van der Waals surface area contributed by atoms with Crippen molar-refractivity contribution in [2.75, 3.05) is 14.2 Å². The minimum atomic E-state index is -1.37. The van der Waals surface area contributed by atoms with Crippen LogP contribution in [0.2, 0.25) is 38.3 Å². The van der Waals surface area contributed by atoms with Gasteiger partial charge in [0.1, 0.15) is 0 Å². The Morgan fingerprint density at radius 2 is 1.40 bits per heavy atom. The molecule has 0 fully saturated rings. The van der Waals surface area contributed by atoms with E-state index in [0.717, 1.165) is 5.92 Å². The normalized spacial score (nSPS) is 15.4. The molecule has 0 saturated carbocycles. The van der Waals surface area contributed by atoms with Crippen LogP contribution in [0.3, 0.4) is 0 Å². The van der Waals surface area contributed by atoms with E-state index in [4.69, 9.17) is 8.85 Å². The Bertz CT molecular complexity index is 181. The molecule has 0 saturated heterocycles. The Balaban J connectivity index is 3.90. The lowest BCUT2D eigenvalue weighted by Crippen LogP contribution is -2.32. The maximum atomic E-state index is 5.59. The van der Waals surface area contributed by atoms with Crippen molar-refractivity contribution in [3.63, 3.8) is 0 Å². The van der Waals surface area contributed by atoms with Crippen LogP contribution in [-0.2, 0) is 8.85 Å². The standard InChI is InChI=1S/C11H28O2Si2/c1-11(10-15(6,7)13-3)8-9-14(4,5)12-2/h11H,8-10H2,1-7H3. The minimum Gasteiger partial charge on any atom is -0.420 e. The molecule has 0 rings (SSSR count). The van der Waals surface area contributed by atoms with Gasteiger partial charge in [-0.05, 0) is 44.2 Å². The van der Waals surface area contributed by atoms with E-state index in [-0.39, 0.29) is 0 Å². The molecule has 0 aromatic carbocycles. The average molecular weight is 249 g/mol. The van der Waals surface area contributed by atoms with E-state index in [1.165, 1.54) is 18.5 Å². The van der Waals surface area contributed by atoms with Gasteiger partial charge in [0, 0.05) is 14.2 Å². The van der Waals surface area contributed by atoms with E-state index in [9.17, 15) is 0 Å². The van der Waals surface area contributed by atoms with Crippen LogP contribution >= 0.6 is 0 Å². The molecule has 92 valence electrons. The van der Waals surface area contributed by atoms with Gasteiger partial charge in [0.15, 0.2) is 16.6 Å². The second-order valence-corrected chi connectivity index (χ2v) is 14.5. The third kappa shape index (κ3) is 7.27. The summed E-state index contributed by atoms with van der Waals surface area (Å²) in [5.41, 5.74) is 0. The maximum absolute atomic E-state index is 5.59. The summed E-state index contributed by atoms with van der Waals surface area (Å²) < 4.78 is 11.1. The van der Waals surface area contributed by atoms with Crippen LogP contribution in [0.15, 0.2) is 0 Å². The van der Waals surface area contributed by atoms with Crippen molar-refractivity contribution >= 4 is 16.6 Å². The first kappa shape index (κ1) is 15.4. The zero-order valence-electron chi connectivity index (χ0n) is 11.5. The summed E-state index contributed by atoms with van der Waals surface area (Å²) >= 11 is 0. The molecule has 0 aliphatic heterocycles. The smallest absolute Gasteiger partial charge is 0.186 e. The summed E-state index contributed by atoms with van der Waals surface area (Å²) in [6.45, 7) is 11.5. The Morgan fingerprint density at radius 3 is 1.80 bits per heavy atom. The van der Waals surface area contributed by atoms with Gasteiger partial charge in [0.2, 0.25) is 0 Å². The van der Waals surface area contributed by atoms with Crippen LogP contribution in [0, 0.1) is 5.92 Å². The summed E-state index contributed by atoms with van der Waals surface area (Å²) in [6, 6.07) is 2.52. The highest BCUT2D eigenvalue weighted by molar-refractivity contribution is 6.71. The van der Waals surface area contributed by atoms with Gasteiger partial charge in [-0.25, -0.2) is 0 Å². The predicted molar refractivity (Wildman–Crippen MR) is 72.4 cm³/mol. The van der Waals surface area contributed by atoms with Crippen molar-refractivity contribution in [2.45, 2.75) is 51.6 Å². The first-order valence-electron chi connectivity index (χ1n) is 5.83. The van der Waals surface area contributed by atoms with Crippen LogP contribution in [0.4, 0.5) is 0 Å². The van der Waals surface area contributed by atoms with Crippen LogP contribution in [-0.4, -0.2) is 30.9 Å². The van der Waals surface area contributed by atoms with Crippen molar-refractivity contribution in [3.05, 3.63) is 0 Å². The molecule has 2 nitrogen and oxygen atoms in total. The Morgan fingerprint density at radius 1 is 0.933 bits per heavy atom. The first-order chi connectivity index (χ1) is 6.72. The van der Waals surface area contributed by atoms with Crippen LogP contribution in [0.25, 0.3) is 0 Å². The summed E-state index contributed by atoms with van der Waals surface area (Å²) in [5.74, 6) is 0.772. The summed E-state index contributed by atoms with van der Waals surface area (Å²) in [6.07, 6.45) is 1.28. The largest absolute Gasteiger partial charge is 0.420 e. The van der Waals surface area contributed by atoms with Gasteiger partial charge in [-0.15, -0.1) is 0 Å². The van der Waals surface area contributed by atoms with Gasteiger partial charge in [0.05, 0.1) is 0 Å². The lowest BCUT2D eigenvalue weighted by Gasteiger charge is -2.26. The van der Waals surface area contributed by atoms with Gasteiger partial charge >= 0.3 is 0 Å². The number of hydrogen-bond donors (Lipinski definition) is 0. The molecule has 0 radical (unpaired) electrons. The second-order valence-electron chi connectivity index (χ2n) is 5.78. The molecular formula is C11H28O2Si2. The molecule has 0 heterocycles. The molecule has 0 N–H and O–H groups in total. The van der Waals surface area contributed by atoms with Gasteiger partial charge < -0.3 is 8.85 Å². The molecule has 0 aliphatic carbocycles. The molecule has 4 heteroatoms. The SMILES string of the molecule is CO[Si](C)(C)CCC(C)C[Si](C)(C)OC. The van der Waals surface area contributed by atoms with Crippen molar-refractivity contribution in [1.29, 1.82) is 0 Å². The highest BCUT2D eigenvalue weighted by Gasteiger charge is 2.26. The maximum Gasteiger partial charge on any atom is 0.186 e. The Labute approximate surface area is 97.6 Å². The fraction of sp³-hybridized carbons (Fsp3) is 1.00. The van der Waals surface area contributed by atoms with Gasteiger partial charge in [-0.2, -0.15) is 0 Å². The molecular weight excluding hydrogens is 220 g/mol. The van der Waals surface area contributed by atoms with Crippen LogP contribution in [0.1, 0.15) is 13.3 Å². The Hall–Kier alpha value is 0.354. The molecule has 0 spiro atoms. The molecule has 0 bridgehead atoms. The minimum absolute atomic E-state index is 0.772. The van der Waals surface area contributed by atoms with Gasteiger partial charge in [-0.3, -0.25) is 0 Å². The van der Waals surface area contributed by atoms with E-state index in [2.05, 4.69) is 33.1 Å². The third-order valence-corrected chi connectivity index (χ3v) is 8.57. The van der Waals surface area contributed by atoms with Gasteiger partial charge in [-0.1, -0.05) is 13.3 Å². The highest BCUT2D eigenvalue weighted by Crippen LogP contribution is 2.24. The quantitative estimate of drug-likeness (QED) is 0.639. The summed E-state index contributed by atoms with van der Waals surface area (Å²) in [5, 5.41) is 0. The molecule has 0 amide bonds. The number of rotatable bonds is 7. The van der Waals surface area contributed by atoms with Crippen molar-refractivity contribution in [3.8, 4) is 0 Å². The molecule has 1 unspecified atom stereocenters. The van der Waals surface area contributed by atoms with Crippen molar-refractivity contribution in [1.82, 2.24) is 0 Å². The van der Waals surface area contributed by atoms with Crippen LogP contribution in [0.5, 0.6) is 0 Å². The van der Waals surface area contributed by atoms with Crippen LogP contribution < -0.4 is 0 Å². The van der Waals surface area contributed by atoms with E-state index >= 15 is 0 Å². The molecule has 0 aromatic heterocycles. The van der Waals surface area contributed by atoms with Crippen molar-refractivity contribution < 1.29 is 8.85 Å². The van der Waals surface area contributed by atoms with E-state index in [1.54, 1.807) is 0 Å². The zero-order valence-corrected chi connectivity index (χ0v) is 13.5. The van der Waals surface area contributed by atoms with Gasteiger partial charge in [0.25, 0.3) is 0 Å². The zero-order chi connectivity index (χ0) is 12.1. The van der Waals surface area contributed by atoms with E-state index < -0.39 is 16.6 Å². The topological polar surface area (TPSA) is 18.5 Å². The van der Waals surface area contributed by atoms with E-state index in [0.29, 0.717) is 0 Å². The summed E-state index contributed by atoms with van der Waals surface area (Å²) in [7, 11) is 0.983. The van der Waals surface area contributed by atoms with E-state index in [1.807, 2.05) is 14.2 Å². The fourth-order valence-electron chi connectivity index (χ4n) is 1.72. The second kappa shape index (κ2) is 6.18. The first-order valence-corrected chi connectivity index (χ1v) is 12.1. The third-order valence-electron chi connectivity index (χ3n) is 3.18.